The van der Waals surface area contributed by atoms with Gasteiger partial charge in [0.2, 0.25) is 21.8 Å². The molecule has 0 aliphatic carbocycles. The zero-order valence-electron chi connectivity index (χ0n) is 15.2. The van der Waals surface area contributed by atoms with E-state index < -0.39 is 10.0 Å². The van der Waals surface area contributed by atoms with Gasteiger partial charge in [0, 0.05) is 42.2 Å². The number of carbonyl (C=O) groups is 2. The molecule has 0 radical (unpaired) electrons. The predicted octanol–water partition coefficient (Wildman–Crippen LogP) is 2.94. The van der Waals surface area contributed by atoms with Crippen LogP contribution in [0.4, 0.5) is 5.69 Å². The molecule has 0 unspecified atom stereocenters. The number of anilines is 1. The maximum absolute atomic E-state index is 12.6. The normalized spacial score (nSPS) is 14.6. The van der Waals surface area contributed by atoms with Crippen molar-refractivity contribution in [1.29, 1.82) is 0 Å². The summed E-state index contributed by atoms with van der Waals surface area (Å²) in [5, 5.41) is 1.97. The second-order valence-electron chi connectivity index (χ2n) is 6.50. The Hall–Kier alpha value is -2.88. The van der Waals surface area contributed by atoms with Crippen LogP contribution in [0.3, 0.4) is 0 Å². The van der Waals surface area contributed by atoms with Gasteiger partial charge < -0.3 is 0 Å². The van der Waals surface area contributed by atoms with Crippen molar-refractivity contribution in [3.8, 4) is 10.4 Å². The third-order valence-electron chi connectivity index (χ3n) is 4.52. The lowest BCUT2D eigenvalue weighted by Crippen LogP contribution is -2.28. The van der Waals surface area contributed by atoms with Gasteiger partial charge in [0.1, 0.15) is 0 Å². The molecule has 0 bridgehead atoms. The molecule has 1 aromatic carbocycles. The molecule has 0 atom stereocenters. The van der Waals surface area contributed by atoms with Crippen LogP contribution in [0.1, 0.15) is 18.4 Å². The number of pyridine rings is 1. The van der Waals surface area contributed by atoms with Crippen LogP contribution in [-0.2, 0) is 26.2 Å². The lowest BCUT2D eigenvalue weighted by Gasteiger charge is -2.14. The minimum Gasteiger partial charge on any atom is -0.274 e. The quantitative estimate of drug-likeness (QED) is 0.610. The van der Waals surface area contributed by atoms with E-state index in [1.807, 2.05) is 23.6 Å². The summed E-state index contributed by atoms with van der Waals surface area (Å²) in [5.41, 5.74) is 2.05. The van der Waals surface area contributed by atoms with Crippen molar-refractivity contribution >= 4 is 38.9 Å². The molecule has 9 heteroatoms. The van der Waals surface area contributed by atoms with Gasteiger partial charge in [-0.2, -0.15) is 0 Å². The summed E-state index contributed by atoms with van der Waals surface area (Å²) in [6.07, 6.45) is 3.72. The van der Waals surface area contributed by atoms with Crippen molar-refractivity contribution in [1.82, 2.24) is 9.71 Å². The number of thiophene rings is 1. The first-order chi connectivity index (χ1) is 13.9. The fourth-order valence-electron chi connectivity index (χ4n) is 3.06. The molecule has 3 aromatic rings. The van der Waals surface area contributed by atoms with Crippen molar-refractivity contribution < 1.29 is 18.0 Å². The van der Waals surface area contributed by atoms with E-state index in [2.05, 4.69) is 9.71 Å². The van der Waals surface area contributed by atoms with Crippen LogP contribution in [-0.4, -0.2) is 25.2 Å². The summed E-state index contributed by atoms with van der Waals surface area (Å²) >= 11 is 1.59. The largest absolute Gasteiger partial charge is 0.274 e. The molecule has 29 heavy (non-hydrogen) atoms. The van der Waals surface area contributed by atoms with E-state index in [9.17, 15) is 18.0 Å². The Kier molecular flexibility index (Phi) is 5.27. The molecule has 148 valence electrons. The van der Waals surface area contributed by atoms with Gasteiger partial charge in [0.15, 0.2) is 0 Å². The molecule has 7 nitrogen and oxygen atoms in total. The molecule has 0 spiro atoms. The summed E-state index contributed by atoms with van der Waals surface area (Å²) in [6, 6.07) is 11.5. The van der Waals surface area contributed by atoms with Crippen LogP contribution in [0, 0.1) is 0 Å². The average molecular weight is 428 g/mol. The van der Waals surface area contributed by atoms with Crippen LogP contribution in [0.2, 0.25) is 0 Å². The van der Waals surface area contributed by atoms with Gasteiger partial charge in [0.05, 0.1) is 10.6 Å². The van der Waals surface area contributed by atoms with Gasteiger partial charge in [-0.15, -0.1) is 11.3 Å². The zero-order valence-corrected chi connectivity index (χ0v) is 16.9. The number of benzene rings is 1. The summed E-state index contributed by atoms with van der Waals surface area (Å²) in [5.74, 6) is -0.552. The Balaban J connectivity index is 1.47. The standard InChI is InChI=1S/C20H17N3O4S2/c24-19-7-8-20(25)23(19)16-3-5-17(6-4-16)29(26,27)22-12-14-10-15(13-21-11-14)18-2-1-9-28-18/h1-6,9-11,13,22H,7-8,12H2. The van der Waals surface area contributed by atoms with E-state index in [-0.39, 0.29) is 36.1 Å². The molecule has 1 fully saturated rings. The number of imide groups is 1. The number of nitrogens with zero attached hydrogens (tertiary/aromatic N) is 2. The zero-order chi connectivity index (χ0) is 20.4. The SMILES string of the molecule is O=C1CCC(=O)N1c1ccc(S(=O)(=O)NCc2cncc(-c3cccs3)c2)cc1. The summed E-state index contributed by atoms with van der Waals surface area (Å²) in [4.78, 5) is 30.0. The smallest absolute Gasteiger partial charge is 0.240 e. The predicted molar refractivity (Wildman–Crippen MR) is 110 cm³/mol. The molecular formula is C20H17N3O4S2. The minimum atomic E-state index is -3.76. The highest BCUT2D eigenvalue weighted by atomic mass is 32.2. The molecule has 1 saturated heterocycles. The number of rotatable bonds is 6. The van der Waals surface area contributed by atoms with Gasteiger partial charge in [-0.1, -0.05) is 6.07 Å². The number of aromatic nitrogens is 1. The first-order valence-corrected chi connectivity index (χ1v) is 11.2. The van der Waals surface area contributed by atoms with Gasteiger partial charge in [-0.3, -0.25) is 19.5 Å². The summed E-state index contributed by atoms with van der Waals surface area (Å²) in [7, 11) is -3.76. The average Bonchev–Trinajstić information content (AvgIpc) is 3.37. The van der Waals surface area contributed by atoms with Crippen molar-refractivity contribution in [2.45, 2.75) is 24.3 Å². The van der Waals surface area contributed by atoms with Crippen molar-refractivity contribution in [3.05, 3.63) is 65.8 Å². The fraction of sp³-hybridized carbons (Fsp3) is 0.150. The van der Waals surface area contributed by atoms with E-state index >= 15 is 0 Å². The summed E-state index contributed by atoms with van der Waals surface area (Å²) < 4.78 is 27.8. The number of carbonyl (C=O) groups excluding carboxylic acids is 2. The molecule has 2 amide bonds. The highest BCUT2D eigenvalue weighted by Gasteiger charge is 2.30. The number of amides is 2. The lowest BCUT2D eigenvalue weighted by molar-refractivity contribution is -0.121. The van der Waals surface area contributed by atoms with Crippen LogP contribution >= 0.6 is 11.3 Å². The molecule has 1 aliphatic rings. The Labute approximate surface area is 172 Å². The highest BCUT2D eigenvalue weighted by molar-refractivity contribution is 7.89. The molecule has 1 aliphatic heterocycles. The molecule has 2 aromatic heterocycles. The molecule has 1 N–H and O–H groups in total. The van der Waals surface area contributed by atoms with Gasteiger partial charge in [-0.25, -0.2) is 13.1 Å². The topological polar surface area (TPSA) is 96.4 Å². The second kappa shape index (κ2) is 7.86. The van der Waals surface area contributed by atoms with E-state index in [0.717, 1.165) is 20.9 Å². The van der Waals surface area contributed by atoms with E-state index in [0.29, 0.717) is 5.69 Å². The molecule has 0 saturated carbocycles. The molecule has 4 rings (SSSR count). The van der Waals surface area contributed by atoms with Crippen LogP contribution in [0.25, 0.3) is 10.4 Å². The van der Waals surface area contributed by atoms with Crippen molar-refractivity contribution in [2.24, 2.45) is 0 Å². The van der Waals surface area contributed by atoms with Crippen molar-refractivity contribution in [2.75, 3.05) is 4.90 Å². The van der Waals surface area contributed by atoms with Crippen LogP contribution < -0.4 is 9.62 Å². The maximum atomic E-state index is 12.6. The lowest BCUT2D eigenvalue weighted by atomic mass is 10.2. The summed E-state index contributed by atoms with van der Waals surface area (Å²) in [6.45, 7) is 0.0966. The van der Waals surface area contributed by atoms with Gasteiger partial charge in [-0.05, 0) is 47.3 Å². The van der Waals surface area contributed by atoms with Crippen LogP contribution in [0.5, 0.6) is 0 Å². The Morgan fingerprint density at radius 3 is 2.41 bits per heavy atom. The number of sulfonamides is 1. The highest BCUT2D eigenvalue weighted by Crippen LogP contribution is 2.25. The second-order valence-corrected chi connectivity index (χ2v) is 9.22. The monoisotopic (exact) mass is 427 g/mol. The van der Waals surface area contributed by atoms with E-state index in [1.54, 1.807) is 23.7 Å². The van der Waals surface area contributed by atoms with E-state index in [4.69, 9.17) is 0 Å². The first kappa shape index (κ1) is 19.4. The Morgan fingerprint density at radius 2 is 1.76 bits per heavy atom. The minimum absolute atomic E-state index is 0.0581. The third kappa shape index (κ3) is 4.12. The Morgan fingerprint density at radius 1 is 1.03 bits per heavy atom. The molecule has 3 heterocycles. The van der Waals surface area contributed by atoms with E-state index in [1.165, 1.54) is 24.3 Å². The molecular weight excluding hydrogens is 410 g/mol. The maximum Gasteiger partial charge on any atom is 0.240 e. The number of hydrogen-bond acceptors (Lipinski definition) is 6. The Bertz CT molecular complexity index is 1140. The van der Waals surface area contributed by atoms with Gasteiger partial charge in [0.25, 0.3) is 0 Å². The first-order valence-electron chi connectivity index (χ1n) is 8.87. The number of nitrogens with one attached hydrogen (secondary N) is 1. The fourth-order valence-corrected chi connectivity index (χ4v) is 4.79. The van der Waals surface area contributed by atoms with Crippen molar-refractivity contribution in [3.63, 3.8) is 0 Å². The third-order valence-corrected chi connectivity index (χ3v) is 6.86. The number of hydrogen-bond donors (Lipinski definition) is 1. The van der Waals surface area contributed by atoms with Crippen LogP contribution in [0.15, 0.2) is 65.1 Å². The van der Waals surface area contributed by atoms with Gasteiger partial charge >= 0.3 is 0 Å².